The van der Waals surface area contributed by atoms with Gasteiger partial charge in [0, 0.05) is 36.7 Å². The molecule has 0 bridgehead atoms. The normalized spacial score (nSPS) is 12.1. The van der Waals surface area contributed by atoms with Crippen LogP contribution in [0.5, 0.6) is 0 Å². The molecule has 2 nitrogen and oxygen atoms in total. The van der Waals surface area contributed by atoms with Crippen molar-refractivity contribution in [2.45, 2.75) is 26.2 Å². The fourth-order valence-corrected chi connectivity index (χ4v) is 8.15. The number of fused-ring (bicyclic) bond motifs is 6. The smallest absolute Gasteiger partial charge is 0.145 e. The highest BCUT2D eigenvalue weighted by Crippen LogP contribution is 2.42. The quantitative estimate of drug-likeness (QED) is 0.188. The Bertz CT molecular complexity index is 2640. The minimum Gasteiger partial charge on any atom is -0.292 e. The highest BCUT2D eigenvalue weighted by atomic mass is 32.1. The van der Waals surface area contributed by atoms with Crippen LogP contribution in [0, 0.1) is 0 Å². The van der Waals surface area contributed by atoms with Crippen molar-refractivity contribution in [1.29, 1.82) is 0 Å². The molecule has 0 amide bonds. The first kappa shape index (κ1) is 28.7. The summed E-state index contributed by atoms with van der Waals surface area (Å²) in [5, 5.41) is 4.91. The van der Waals surface area contributed by atoms with Crippen molar-refractivity contribution < 1.29 is 0 Å². The number of nitrogens with zero attached hydrogens (tertiary/aromatic N) is 2. The molecule has 230 valence electrons. The van der Waals surface area contributed by atoms with Gasteiger partial charge in [-0.3, -0.25) is 4.57 Å². The minimum absolute atomic E-state index is 0.0174. The molecule has 9 aromatic rings. The molecule has 9 rings (SSSR count). The molecule has 0 aliphatic rings. The van der Waals surface area contributed by atoms with E-state index in [2.05, 4.69) is 177 Å². The summed E-state index contributed by atoms with van der Waals surface area (Å²) in [5.41, 5.74) is 10.6. The molecule has 0 N–H and O–H groups in total. The molecule has 2 heterocycles. The number of hydrogen-bond acceptors (Lipinski definition) is 2. The molecule has 0 spiro atoms. The number of benzene rings is 7. The van der Waals surface area contributed by atoms with Crippen molar-refractivity contribution >= 4 is 53.3 Å². The van der Waals surface area contributed by atoms with Crippen molar-refractivity contribution in [2.75, 3.05) is 0 Å². The first-order valence-electron chi connectivity index (χ1n) is 16.5. The fourth-order valence-electron chi connectivity index (χ4n) is 7.02. The Morgan fingerprint density at radius 3 is 2.04 bits per heavy atom. The van der Waals surface area contributed by atoms with Crippen LogP contribution in [-0.4, -0.2) is 9.55 Å². The average Bonchev–Trinajstić information content (AvgIpc) is 3.70. The highest BCUT2D eigenvalue weighted by molar-refractivity contribution is 7.25. The molecule has 2 aromatic heterocycles. The summed E-state index contributed by atoms with van der Waals surface area (Å²) in [6.45, 7) is 6.85. The van der Waals surface area contributed by atoms with Crippen molar-refractivity contribution in [1.82, 2.24) is 9.55 Å². The van der Waals surface area contributed by atoms with Gasteiger partial charge in [-0.05, 0) is 75.5 Å². The van der Waals surface area contributed by atoms with Gasteiger partial charge < -0.3 is 0 Å². The second kappa shape index (κ2) is 11.0. The maximum Gasteiger partial charge on any atom is 0.145 e. The largest absolute Gasteiger partial charge is 0.292 e. The zero-order valence-electron chi connectivity index (χ0n) is 27.2. The molecule has 0 aliphatic carbocycles. The van der Waals surface area contributed by atoms with Gasteiger partial charge in [0.2, 0.25) is 0 Å². The zero-order chi connectivity index (χ0) is 32.4. The predicted molar refractivity (Wildman–Crippen MR) is 206 cm³/mol. The summed E-state index contributed by atoms with van der Waals surface area (Å²) < 4.78 is 4.97. The van der Waals surface area contributed by atoms with Gasteiger partial charge in [0.15, 0.2) is 0 Å². The van der Waals surface area contributed by atoms with E-state index in [1.807, 2.05) is 11.3 Å². The number of imidazole rings is 1. The van der Waals surface area contributed by atoms with E-state index in [0.717, 1.165) is 33.5 Å². The molecule has 0 fully saturated rings. The molecule has 3 heteroatoms. The van der Waals surface area contributed by atoms with E-state index >= 15 is 0 Å². The van der Waals surface area contributed by atoms with Crippen LogP contribution in [0.3, 0.4) is 0 Å². The van der Waals surface area contributed by atoms with E-state index in [-0.39, 0.29) is 5.41 Å². The Morgan fingerprint density at radius 1 is 0.521 bits per heavy atom. The lowest BCUT2D eigenvalue weighted by Gasteiger charge is -2.23. The molecule has 7 aromatic carbocycles. The number of rotatable bonds is 4. The topological polar surface area (TPSA) is 17.8 Å². The van der Waals surface area contributed by atoms with Crippen molar-refractivity contribution in [3.63, 3.8) is 0 Å². The Kier molecular flexibility index (Phi) is 6.60. The first-order valence-corrected chi connectivity index (χ1v) is 17.4. The summed E-state index contributed by atoms with van der Waals surface area (Å²) in [5.74, 6) is 0.948. The molecule has 0 radical (unpaired) electrons. The summed E-state index contributed by atoms with van der Waals surface area (Å²) in [7, 11) is 0. The van der Waals surface area contributed by atoms with Crippen LogP contribution in [0.2, 0.25) is 0 Å². The van der Waals surface area contributed by atoms with Crippen LogP contribution in [0.25, 0.3) is 81.3 Å². The Hall–Kier alpha value is -5.51. The van der Waals surface area contributed by atoms with Gasteiger partial charge in [-0.15, -0.1) is 11.3 Å². The van der Waals surface area contributed by atoms with E-state index in [9.17, 15) is 0 Å². The third kappa shape index (κ3) is 4.73. The lowest BCUT2D eigenvalue weighted by molar-refractivity contribution is 0.590. The van der Waals surface area contributed by atoms with Crippen LogP contribution in [0.15, 0.2) is 152 Å². The first-order chi connectivity index (χ1) is 23.4. The van der Waals surface area contributed by atoms with Gasteiger partial charge in [0.25, 0.3) is 0 Å². The van der Waals surface area contributed by atoms with Crippen LogP contribution in [-0.2, 0) is 5.41 Å². The molecule has 0 unspecified atom stereocenters. The molecule has 48 heavy (non-hydrogen) atoms. The summed E-state index contributed by atoms with van der Waals surface area (Å²) in [6, 6.07) is 55.2. The molecule has 0 saturated heterocycles. The SMILES string of the molecule is CC(C)(C)c1ccc(-n2c(-c3ccc4sc5cc(-c6ccccc6)ccc5c4c3)nc3c4ccccc4ccc32)c(-c2ccccc2)c1. The molecular formula is C45H34N2S. The van der Waals surface area contributed by atoms with E-state index in [1.165, 1.54) is 53.4 Å². The van der Waals surface area contributed by atoms with Crippen LogP contribution < -0.4 is 0 Å². The van der Waals surface area contributed by atoms with E-state index in [4.69, 9.17) is 4.98 Å². The number of thiophene rings is 1. The summed E-state index contributed by atoms with van der Waals surface area (Å²) >= 11 is 1.86. The monoisotopic (exact) mass is 634 g/mol. The van der Waals surface area contributed by atoms with E-state index in [1.54, 1.807) is 0 Å². The van der Waals surface area contributed by atoms with Crippen LogP contribution >= 0.6 is 11.3 Å². The standard InChI is InChI=1S/C45H34N2S/c1-45(2,3)34-21-24-39(37(28-34)30-14-8-5-9-15-30)47-40-23-19-31-16-10-11-17-35(31)43(40)46-44(47)33-20-25-41-38(26-33)36-22-18-32(27-42(36)48-41)29-12-6-4-7-13-29/h4-28H,1-3H3. The van der Waals surface area contributed by atoms with Gasteiger partial charge in [0.1, 0.15) is 5.82 Å². The van der Waals surface area contributed by atoms with Crippen molar-refractivity contribution in [3.8, 4) is 39.3 Å². The van der Waals surface area contributed by atoms with Gasteiger partial charge in [-0.1, -0.05) is 130 Å². The minimum atomic E-state index is 0.0174. The molecule has 0 atom stereocenters. The van der Waals surface area contributed by atoms with Crippen molar-refractivity contribution in [3.05, 3.63) is 157 Å². The maximum atomic E-state index is 5.48. The lowest BCUT2D eigenvalue weighted by Crippen LogP contribution is -2.12. The van der Waals surface area contributed by atoms with Crippen LogP contribution in [0.1, 0.15) is 26.3 Å². The van der Waals surface area contributed by atoms with E-state index < -0.39 is 0 Å². The second-order valence-corrected chi connectivity index (χ2v) is 14.7. The number of hydrogen-bond donors (Lipinski definition) is 0. The van der Waals surface area contributed by atoms with Gasteiger partial charge >= 0.3 is 0 Å². The summed E-state index contributed by atoms with van der Waals surface area (Å²) in [6.07, 6.45) is 0. The average molecular weight is 635 g/mol. The maximum absolute atomic E-state index is 5.48. The van der Waals surface area contributed by atoms with Crippen LogP contribution in [0.4, 0.5) is 0 Å². The highest BCUT2D eigenvalue weighted by Gasteiger charge is 2.22. The summed E-state index contributed by atoms with van der Waals surface area (Å²) in [4.78, 5) is 5.48. The van der Waals surface area contributed by atoms with Gasteiger partial charge in [0.05, 0.1) is 16.7 Å². The van der Waals surface area contributed by atoms with Crippen molar-refractivity contribution in [2.24, 2.45) is 0 Å². The van der Waals surface area contributed by atoms with Gasteiger partial charge in [-0.25, -0.2) is 4.98 Å². The zero-order valence-corrected chi connectivity index (χ0v) is 28.1. The second-order valence-electron chi connectivity index (χ2n) is 13.7. The number of aromatic nitrogens is 2. The Balaban J connectivity index is 1.31. The molecule has 0 aliphatic heterocycles. The molecular weight excluding hydrogens is 601 g/mol. The third-order valence-electron chi connectivity index (χ3n) is 9.57. The van der Waals surface area contributed by atoms with E-state index in [0.29, 0.717) is 0 Å². The molecule has 0 saturated carbocycles. The lowest BCUT2D eigenvalue weighted by atomic mass is 9.85. The third-order valence-corrected chi connectivity index (χ3v) is 10.7. The van der Waals surface area contributed by atoms with Gasteiger partial charge in [-0.2, -0.15) is 0 Å². The fraction of sp³-hybridized carbons (Fsp3) is 0.0889. The Morgan fingerprint density at radius 2 is 1.25 bits per heavy atom. The Labute approximate surface area is 284 Å². The predicted octanol–water partition coefficient (Wildman–Crippen LogP) is 12.8.